The molecule has 0 saturated carbocycles. The molecule has 1 N–H and O–H groups in total. The van der Waals surface area contributed by atoms with E-state index in [0.29, 0.717) is 26.4 Å². The van der Waals surface area contributed by atoms with Gasteiger partial charge in [0.2, 0.25) is 0 Å². The normalized spacial score (nSPS) is 9.67. The highest BCUT2D eigenvalue weighted by Gasteiger charge is 2.07. The Labute approximate surface area is 111 Å². The van der Waals surface area contributed by atoms with Crippen molar-refractivity contribution in [2.24, 2.45) is 0 Å². The fourth-order valence-corrected chi connectivity index (χ4v) is 1.34. The summed E-state index contributed by atoms with van der Waals surface area (Å²) in [5.74, 6) is 7.48. The van der Waals surface area contributed by atoms with Crippen LogP contribution in [0.3, 0.4) is 0 Å². The van der Waals surface area contributed by atoms with E-state index in [-0.39, 0.29) is 6.04 Å². The third-order valence-corrected chi connectivity index (χ3v) is 2.19. The molecule has 0 rings (SSSR count). The maximum absolute atomic E-state index is 5.29. The van der Waals surface area contributed by atoms with E-state index in [9.17, 15) is 0 Å². The number of rotatable bonds is 11. The Morgan fingerprint density at radius 2 is 1.50 bits per heavy atom. The van der Waals surface area contributed by atoms with Crippen molar-refractivity contribution in [2.75, 3.05) is 33.0 Å². The van der Waals surface area contributed by atoms with Crippen LogP contribution < -0.4 is 5.32 Å². The Balaban J connectivity index is 3.71. The van der Waals surface area contributed by atoms with Crippen molar-refractivity contribution in [1.82, 2.24) is 5.32 Å². The third-order valence-electron chi connectivity index (χ3n) is 2.19. The average molecular weight is 247 g/mol. The predicted octanol–water partition coefficient (Wildman–Crippen LogP) is 1.05. The van der Waals surface area contributed by atoms with Crippen LogP contribution in [0.15, 0.2) is 0 Å². The molecule has 0 bridgehead atoms. The summed E-state index contributed by atoms with van der Waals surface area (Å²) < 4.78 is 10.6. The summed E-state index contributed by atoms with van der Waals surface area (Å²) in [5.41, 5.74) is 0. The van der Waals surface area contributed by atoms with Crippen LogP contribution in [0.4, 0.5) is 0 Å². The summed E-state index contributed by atoms with van der Waals surface area (Å²) in [7, 11) is 0. The van der Waals surface area contributed by atoms with E-state index in [0.717, 1.165) is 25.8 Å². The van der Waals surface area contributed by atoms with Gasteiger partial charge >= 0.3 is 0 Å². The molecule has 0 aromatic carbocycles. The molecule has 0 aromatic heterocycles. The lowest BCUT2D eigenvalue weighted by molar-refractivity contribution is 0.0795. The first-order valence-corrected chi connectivity index (χ1v) is 6.04. The Morgan fingerprint density at radius 3 is 2.00 bits per heavy atom. The minimum absolute atomic E-state index is 0.109. The zero-order chi connectivity index (χ0) is 13.5. The minimum atomic E-state index is 0.109. The van der Waals surface area contributed by atoms with Crippen LogP contribution >= 0.6 is 0 Å². The second kappa shape index (κ2) is 13.6. The van der Waals surface area contributed by atoms with Gasteiger partial charge in [0.15, 0.2) is 0 Å². The molecule has 0 aliphatic rings. The van der Waals surface area contributed by atoms with Gasteiger partial charge in [0, 0.05) is 6.42 Å². The first-order chi connectivity index (χ1) is 8.85. The zero-order valence-corrected chi connectivity index (χ0v) is 10.8. The summed E-state index contributed by atoms with van der Waals surface area (Å²) in [6.45, 7) is 2.54. The van der Waals surface area contributed by atoms with Crippen LogP contribution in [0.25, 0.3) is 0 Å². The Bertz CT molecular complexity index is 286. The van der Waals surface area contributed by atoms with E-state index < -0.39 is 0 Å². The van der Waals surface area contributed by atoms with E-state index in [4.69, 9.17) is 28.7 Å². The monoisotopic (exact) mass is 247 g/mol. The summed E-state index contributed by atoms with van der Waals surface area (Å²) in [5, 5.41) is 3.34. The van der Waals surface area contributed by atoms with Crippen molar-refractivity contribution in [3.05, 3.63) is 0 Å². The smallest absolute Gasteiger partial charge is 0.107 e. The van der Waals surface area contributed by atoms with Crippen LogP contribution in [-0.4, -0.2) is 39.0 Å². The van der Waals surface area contributed by atoms with Crippen molar-refractivity contribution >= 4 is 0 Å². The Morgan fingerprint density at radius 1 is 0.889 bits per heavy atom. The maximum atomic E-state index is 5.29. The highest BCUT2D eigenvalue weighted by Crippen LogP contribution is 1.94. The predicted molar refractivity (Wildman–Crippen MR) is 73.8 cm³/mol. The maximum Gasteiger partial charge on any atom is 0.107 e. The van der Waals surface area contributed by atoms with Gasteiger partial charge in [0.1, 0.15) is 13.2 Å². The number of unbranched alkanes of at least 4 members (excludes halogenated alkanes) is 2. The molecular formula is C15H21NO2. The lowest BCUT2D eigenvalue weighted by atomic mass is 10.2. The van der Waals surface area contributed by atoms with Gasteiger partial charge in [-0.05, 0) is 19.4 Å². The molecule has 0 amide bonds. The van der Waals surface area contributed by atoms with Crippen LogP contribution in [0.5, 0.6) is 0 Å². The second-order valence-electron chi connectivity index (χ2n) is 3.75. The molecule has 0 radical (unpaired) electrons. The molecule has 0 fully saturated rings. The van der Waals surface area contributed by atoms with Gasteiger partial charge < -0.3 is 14.8 Å². The van der Waals surface area contributed by atoms with Gasteiger partial charge in [0.25, 0.3) is 0 Å². The van der Waals surface area contributed by atoms with Crippen LogP contribution in [-0.2, 0) is 9.47 Å². The van der Waals surface area contributed by atoms with Crippen molar-refractivity contribution < 1.29 is 9.47 Å². The fourth-order valence-electron chi connectivity index (χ4n) is 1.34. The summed E-state index contributed by atoms with van der Waals surface area (Å²) >= 11 is 0. The minimum Gasteiger partial charge on any atom is -0.367 e. The van der Waals surface area contributed by atoms with Gasteiger partial charge in [-0.25, -0.2) is 0 Å². The van der Waals surface area contributed by atoms with E-state index in [1.807, 2.05) is 0 Å². The van der Waals surface area contributed by atoms with Crippen LogP contribution in [0.2, 0.25) is 0 Å². The molecule has 3 nitrogen and oxygen atoms in total. The van der Waals surface area contributed by atoms with E-state index in [1.54, 1.807) is 0 Å². The molecule has 18 heavy (non-hydrogen) atoms. The van der Waals surface area contributed by atoms with Crippen molar-refractivity contribution in [1.29, 1.82) is 0 Å². The van der Waals surface area contributed by atoms with Crippen molar-refractivity contribution in [3.8, 4) is 37.0 Å². The molecule has 0 heterocycles. The van der Waals surface area contributed by atoms with Crippen LogP contribution in [0, 0.1) is 37.0 Å². The van der Waals surface area contributed by atoms with Gasteiger partial charge in [-0.1, -0.05) is 11.8 Å². The number of nitrogens with one attached hydrogen (secondary N) is 1. The zero-order valence-electron chi connectivity index (χ0n) is 10.8. The topological polar surface area (TPSA) is 30.5 Å². The molecule has 0 saturated heterocycles. The van der Waals surface area contributed by atoms with Gasteiger partial charge in [-0.2, -0.15) is 0 Å². The molecule has 0 unspecified atom stereocenters. The highest BCUT2D eigenvalue weighted by atomic mass is 16.5. The fraction of sp³-hybridized carbons (Fsp3) is 0.600. The Hall–Kier alpha value is -1.44. The van der Waals surface area contributed by atoms with Crippen molar-refractivity contribution in [3.63, 3.8) is 0 Å². The molecule has 0 atom stereocenters. The molecular weight excluding hydrogens is 226 g/mol. The largest absolute Gasteiger partial charge is 0.367 e. The SMILES string of the molecule is C#CCCCCNC(COCC#C)COCC#C. The van der Waals surface area contributed by atoms with Gasteiger partial charge in [-0.15, -0.1) is 25.2 Å². The summed E-state index contributed by atoms with van der Waals surface area (Å²) in [6.07, 6.45) is 18.3. The molecule has 3 heteroatoms. The molecule has 0 spiro atoms. The standard InChI is InChI=1S/C15H21NO2/c1-4-7-8-9-10-16-15(13-17-11-5-2)14-18-12-6-3/h1-3,15-16H,7-14H2. The Kier molecular flexibility index (Phi) is 12.5. The molecule has 0 aromatic rings. The highest BCUT2D eigenvalue weighted by molar-refractivity contribution is 4.85. The van der Waals surface area contributed by atoms with E-state index >= 15 is 0 Å². The quantitative estimate of drug-likeness (QED) is 0.437. The lowest BCUT2D eigenvalue weighted by Crippen LogP contribution is -2.38. The van der Waals surface area contributed by atoms with E-state index in [1.165, 1.54) is 0 Å². The summed E-state index contributed by atoms with van der Waals surface area (Å²) in [6, 6.07) is 0.109. The second-order valence-corrected chi connectivity index (χ2v) is 3.75. The summed E-state index contributed by atoms with van der Waals surface area (Å²) in [4.78, 5) is 0. The molecule has 0 aliphatic heterocycles. The average Bonchev–Trinajstić information content (AvgIpc) is 2.38. The van der Waals surface area contributed by atoms with Gasteiger partial charge in [0.05, 0.1) is 19.3 Å². The third kappa shape index (κ3) is 11.1. The number of ether oxygens (including phenoxy) is 2. The molecule has 0 aliphatic carbocycles. The van der Waals surface area contributed by atoms with Crippen molar-refractivity contribution in [2.45, 2.75) is 25.3 Å². The van der Waals surface area contributed by atoms with Crippen LogP contribution in [0.1, 0.15) is 19.3 Å². The molecule has 98 valence electrons. The van der Waals surface area contributed by atoms with Gasteiger partial charge in [-0.3, -0.25) is 0 Å². The number of hydrogen-bond acceptors (Lipinski definition) is 3. The van der Waals surface area contributed by atoms with E-state index in [2.05, 4.69) is 23.1 Å². The number of terminal acetylenes is 3. The lowest BCUT2D eigenvalue weighted by Gasteiger charge is -2.17. The first-order valence-electron chi connectivity index (χ1n) is 6.04. The first kappa shape index (κ1) is 16.6. The number of hydrogen-bond donors (Lipinski definition) is 1.